The number of H-pyrrole nitrogens is 1. The number of anilines is 2. The lowest BCUT2D eigenvalue weighted by molar-refractivity contribution is 0.102. The molecule has 0 spiro atoms. The number of fused-ring (bicyclic) bond motifs is 1. The second kappa shape index (κ2) is 12.5. The van der Waals surface area contributed by atoms with Crippen LogP contribution in [0.15, 0.2) is 71.8 Å². The molecule has 1 unspecified atom stereocenters. The molecule has 0 bridgehead atoms. The van der Waals surface area contributed by atoms with Gasteiger partial charge in [-0.15, -0.1) is 0 Å². The summed E-state index contributed by atoms with van der Waals surface area (Å²) >= 11 is 0. The van der Waals surface area contributed by atoms with Crippen molar-refractivity contribution < 1.29 is 35.5 Å². The van der Waals surface area contributed by atoms with E-state index >= 15 is 4.39 Å². The van der Waals surface area contributed by atoms with Gasteiger partial charge in [0, 0.05) is 36.8 Å². The molecule has 0 saturated carbocycles. The topological polar surface area (TPSA) is 190 Å². The van der Waals surface area contributed by atoms with Gasteiger partial charge in [0.05, 0.1) is 12.3 Å². The number of halogens is 2. The van der Waals surface area contributed by atoms with Crippen LogP contribution in [-0.4, -0.2) is 57.0 Å². The van der Waals surface area contributed by atoms with Gasteiger partial charge in [0.2, 0.25) is 0 Å². The maximum atomic E-state index is 15.1. The van der Waals surface area contributed by atoms with E-state index in [9.17, 15) is 22.4 Å². The molecule has 14 nitrogen and oxygen atoms in total. The van der Waals surface area contributed by atoms with Gasteiger partial charge in [0.1, 0.15) is 22.5 Å². The Morgan fingerprint density at radius 2 is 1.86 bits per heavy atom. The summed E-state index contributed by atoms with van der Waals surface area (Å²) in [5, 5.41) is 16.6. The number of hydrogen-bond donors (Lipinski definition) is 4. The number of hydrogen-bond acceptors (Lipinski definition) is 10. The minimum atomic E-state index is -4.58. The largest absolute Gasteiger partial charge is 0.453 e. The maximum Gasteiger partial charge on any atom is 0.397 e. The van der Waals surface area contributed by atoms with Crippen LogP contribution in [0.4, 0.5) is 20.3 Å². The lowest BCUT2D eigenvalue weighted by Gasteiger charge is -2.13. The van der Waals surface area contributed by atoms with Crippen LogP contribution in [0.5, 0.6) is 11.5 Å². The van der Waals surface area contributed by atoms with Crippen LogP contribution in [0.2, 0.25) is 0 Å². The minimum Gasteiger partial charge on any atom is -0.453 e. The number of ether oxygens (including phenoxy) is 1. The summed E-state index contributed by atoms with van der Waals surface area (Å²) < 4.78 is 69.9. The fourth-order valence-corrected chi connectivity index (χ4v) is 4.40. The number of amides is 1. The van der Waals surface area contributed by atoms with Crippen molar-refractivity contribution in [2.45, 2.75) is 6.92 Å². The summed E-state index contributed by atoms with van der Waals surface area (Å²) in [6, 6.07) is 11.3. The molecule has 0 aliphatic carbocycles. The van der Waals surface area contributed by atoms with E-state index in [2.05, 4.69) is 35.1 Å². The first-order chi connectivity index (χ1) is 21.0. The molecule has 5 rings (SSSR count). The van der Waals surface area contributed by atoms with E-state index in [1.807, 2.05) is 0 Å². The highest BCUT2D eigenvalue weighted by Crippen LogP contribution is 2.34. The molecule has 4 N–H and O–H groups in total. The second-order valence-electron chi connectivity index (χ2n) is 9.44. The monoisotopic (exact) mass is 627 g/mol. The van der Waals surface area contributed by atoms with E-state index in [0.29, 0.717) is 11.0 Å². The van der Waals surface area contributed by atoms with E-state index in [1.54, 1.807) is 6.92 Å². The van der Waals surface area contributed by atoms with E-state index in [4.69, 9.17) is 9.29 Å². The van der Waals surface area contributed by atoms with Gasteiger partial charge in [-0.05, 0) is 48.4 Å². The molecule has 5 aromatic rings. The van der Waals surface area contributed by atoms with Crippen LogP contribution in [0, 0.1) is 17.6 Å². The number of aromatic amines is 1. The smallest absolute Gasteiger partial charge is 0.397 e. The van der Waals surface area contributed by atoms with Crippen molar-refractivity contribution in [3.63, 3.8) is 0 Å². The fraction of sp³-hybridized carbons (Fsp3) is 0.148. The lowest BCUT2D eigenvalue weighted by atomic mass is 10.2. The van der Waals surface area contributed by atoms with E-state index in [-0.39, 0.29) is 53.3 Å². The van der Waals surface area contributed by atoms with Crippen LogP contribution in [0.25, 0.3) is 16.7 Å². The molecule has 0 fully saturated rings. The fourth-order valence-electron chi connectivity index (χ4n) is 4.00. The van der Waals surface area contributed by atoms with Gasteiger partial charge in [-0.2, -0.15) is 23.3 Å². The van der Waals surface area contributed by atoms with Gasteiger partial charge in [-0.25, -0.2) is 17.9 Å². The third-order valence-corrected chi connectivity index (χ3v) is 6.55. The lowest BCUT2D eigenvalue weighted by Crippen LogP contribution is -2.29. The quantitative estimate of drug-likeness (QED) is 0.156. The molecule has 0 radical (unpaired) electrons. The van der Waals surface area contributed by atoms with Crippen LogP contribution >= 0.6 is 0 Å². The molecule has 3 heterocycles. The summed E-state index contributed by atoms with van der Waals surface area (Å²) in [4.78, 5) is 29.9. The molecule has 0 aliphatic heterocycles. The van der Waals surface area contributed by atoms with Crippen molar-refractivity contribution in [3.05, 3.63) is 94.5 Å². The minimum absolute atomic E-state index is 0.0380. The maximum absolute atomic E-state index is 15.1. The predicted octanol–water partition coefficient (Wildman–Crippen LogP) is 3.69. The molecular formula is C27H23F2N7O7S. The zero-order valence-corrected chi connectivity index (χ0v) is 23.5. The van der Waals surface area contributed by atoms with E-state index in [0.717, 1.165) is 22.9 Å². The third-order valence-electron chi connectivity index (χ3n) is 6.11. The zero-order chi connectivity index (χ0) is 31.4. The number of carbonyl (C=O) groups is 1. The van der Waals surface area contributed by atoms with Crippen molar-refractivity contribution in [2.24, 2.45) is 5.92 Å². The first-order valence-corrected chi connectivity index (χ1v) is 14.2. The summed E-state index contributed by atoms with van der Waals surface area (Å²) in [6.45, 7) is 1.59. The molecule has 1 amide bonds. The SMILES string of the molecule is CC(CNc1n[nH]c2nccc(Oc3ccc(NC(=O)c4ccnn(-c5ccc(F)cc5)c4=O)cc3F)c12)COS(=O)(=O)O. The highest BCUT2D eigenvalue weighted by Gasteiger charge is 2.18. The van der Waals surface area contributed by atoms with Crippen LogP contribution < -0.4 is 20.9 Å². The Morgan fingerprint density at radius 3 is 2.59 bits per heavy atom. The van der Waals surface area contributed by atoms with Crippen molar-refractivity contribution in [1.29, 1.82) is 0 Å². The Labute approximate surface area is 247 Å². The Morgan fingerprint density at radius 1 is 1.09 bits per heavy atom. The van der Waals surface area contributed by atoms with Gasteiger partial charge in [-0.3, -0.25) is 19.2 Å². The number of carbonyl (C=O) groups excluding carboxylic acids is 1. The second-order valence-corrected chi connectivity index (χ2v) is 10.5. The molecule has 44 heavy (non-hydrogen) atoms. The predicted molar refractivity (Wildman–Crippen MR) is 153 cm³/mol. The Hall–Kier alpha value is -5.26. The van der Waals surface area contributed by atoms with Crippen molar-refractivity contribution in [2.75, 3.05) is 23.8 Å². The number of aromatic nitrogens is 5. The zero-order valence-electron chi connectivity index (χ0n) is 22.7. The van der Waals surface area contributed by atoms with Crippen LogP contribution in [0.3, 0.4) is 0 Å². The summed E-state index contributed by atoms with van der Waals surface area (Å²) in [5.74, 6) is -2.24. The van der Waals surface area contributed by atoms with Crippen LogP contribution in [-0.2, 0) is 14.6 Å². The number of nitrogens with zero attached hydrogens (tertiary/aromatic N) is 4. The standard InChI is InChI=1S/C27H23F2N7O7S/c1-15(14-42-44(39,40)41)13-31-25-23-22(9-10-30-24(23)34-35-25)43-21-7-4-17(12-20(21)29)33-26(37)19-8-11-32-36(27(19)38)18-5-2-16(28)3-6-18/h2-12,15H,13-14H2,1H3,(H,33,37)(H,39,40,41)(H2,30,31,34,35). The Bertz CT molecular complexity index is 2000. The van der Waals surface area contributed by atoms with Crippen molar-refractivity contribution in [3.8, 4) is 17.2 Å². The third kappa shape index (κ3) is 7.02. The van der Waals surface area contributed by atoms with Crippen molar-refractivity contribution in [1.82, 2.24) is 25.0 Å². The number of nitrogens with one attached hydrogen (secondary N) is 3. The molecule has 0 aliphatic rings. The first kappa shape index (κ1) is 30.2. The molecule has 17 heteroatoms. The van der Waals surface area contributed by atoms with Gasteiger partial charge >= 0.3 is 10.4 Å². The van der Waals surface area contributed by atoms with Gasteiger partial charge < -0.3 is 15.4 Å². The molecule has 2 aromatic carbocycles. The first-order valence-electron chi connectivity index (χ1n) is 12.8. The summed E-state index contributed by atoms with van der Waals surface area (Å²) in [6.07, 6.45) is 2.65. The van der Waals surface area contributed by atoms with Gasteiger partial charge in [0.15, 0.2) is 23.0 Å². The number of rotatable bonds is 11. The van der Waals surface area contributed by atoms with Crippen molar-refractivity contribution >= 4 is 38.8 Å². The summed E-state index contributed by atoms with van der Waals surface area (Å²) in [5.41, 5.74) is -0.428. The molecule has 228 valence electrons. The Kier molecular flexibility index (Phi) is 8.61. The van der Waals surface area contributed by atoms with E-state index in [1.165, 1.54) is 48.8 Å². The molecule has 3 aromatic heterocycles. The normalized spacial score (nSPS) is 12.2. The average molecular weight is 628 g/mol. The van der Waals surface area contributed by atoms with Gasteiger partial charge in [-0.1, -0.05) is 6.92 Å². The molecular weight excluding hydrogens is 604 g/mol. The highest BCUT2D eigenvalue weighted by molar-refractivity contribution is 7.80. The number of benzene rings is 2. The molecule has 1 atom stereocenters. The number of pyridine rings is 1. The molecule has 0 saturated heterocycles. The van der Waals surface area contributed by atoms with Gasteiger partial charge in [0.25, 0.3) is 11.5 Å². The highest BCUT2D eigenvalue weighted by atomic mass is 32.3. The Balaban J connectivity index is 1.30. The van der Waals surface area contributed by atoms with Crippen LogP contribution in [0.1, 0.15) is 17.3 Å². The summed E-state index contributed by atoms with van der Waals surface area (Å²) in [7, 11) is -4.58. The average Bonchev–Trinajstić information content (AvgIpc) is 3.40. The van der Waals surface area contributed by atoms with E-state index < -0.39 is 33.5 Å².